The number of nitrogens with zero attached hydrogens (tertiary/aromatic N) is 1. The summed E-state index contributed by atoms with van der Waals surface area (Å²) in [7, 11) is -3.14. The van der Waals surface area contributed by atoms with Gasteiger partial charge in [0.05, 0.1) is 6.26 Å². The van der Waals surface area contributed by atoms with Crippen LogP contribution < -0.4 is 15.4 Å². The SMILES string of the molecule is CCNC(=NCCCNS(C)(=O)=O)NCCc1cccc(F)c1. The molecule has 0 fully saturated rings. The van der Waals surface area contributed by atoms with Crippen molar-refractivity contribution in [2.75, 3.05) is 32.4 Å². The molecule has 0 heterocycles. The van der Waals surface area contributed by atoms with E-state index in [9.17, 15) is 12.8 Å². The van der Waals surface area contributed by atoms with Crippen LogP contribution in [0.3, 0.4) is 0 Å². The molecule has 0 aliphatic rings. The summed E-state index contributed by atoms with van der Waals surface area (Å²) < 4.78 is 37.4. The highest BCUT2D eigenvalue weighted by molar-refractivity contribution is 7.88. The van der Waals surface area contributed by atoms with Gasteiger partial charge in [-0.3, -0.25) is 4.99 Å². The number of guanidine groups is 1. The number of halogens is 1. The molecule has 1 rings (SSSR count). The minimum Gasteiger partial charge on any atom is -0.357 e. The van der Waals surface area contributed by atoms with Crippen LogP contribution in [-0.2, 0) is 16.4 Å². The average Bonchev–Trinajstić information content (AvgIpc) is 2.45. The molecule has 0 amide bonds. The van der Waals surface area contributed by atoms with E-state index in [0.29, 0.717) is 38.4 Å². The smallest absolute Gasteiger partial charge is 0.208 e. The molecule has 8 heteroatoms. The minimum atomic E-state index is -3.14. The van der Waals surface area contributed by atoms with E-state index >= 15 is 0 Å². The number of hydrogen-bond donors (Lipinski definition) is 3. The fourth-order valence-corrected chi connectivity index (χ4v) is 2.40. The van der Waals surface area contributed by atoms with E-state index in [1.165, 1.54) is 12.1 Å². The van der Waals surface area contributed by atoms with E-state index in [4.69, 9.17) is 0 Å². The van der Waals surface area contributed by atoms with Crippen molar-refractivity contribution >= 4 is 16.0 Å². The third kappa shape index (κ3) is 9.85. The summed E-state index contributed by atoms with van der Waals surface area (Å²) >= 11 is 0. The van der Waals surface area contributed by atoms with Crippen LogP contribution >= 0.6 is 0 Å². The quantitative estimate of drug-likeness (QED) is 0.353. The van der Waals surface area contributed by atoms with Gasteiger partial charge in [-0.25, -0.2) is 17.5 Å². The lowest BCUT2D eigenvalue weighted by Gasteiger charge is -2.11. The molecule has 0 spiro atoms. The second-order valence-electron chi connectivity index (χ2n) is 5.09. The molecule has 0 bridgehead atoms. The molecule has 1 aromatic carbocycles. The van der Waals surface area contributed by atoms with E-state index < -0.39 is 10.0 Å². The van der Waals surface area contributed by atoms with Crippen molar-refractivity contribution in [3.63, 3.8) is 0 Å². The third-order valence-electron chi connectivity index (χ3n) is 2.91. The molecule has 0 saturated carbocycles. The van der Waals surface area contributed by atoms with Crippen LogP contribution in [0.15, 0.2) is 29.3 Å². The molecule has 0 unspecified atom stereocenters. The lowest BCUT2D eigenvalue weighted by Crippen LogP contribution is -2.38. The van der Waals surface area contributed by atoms with Gasteiger partial charge in [-0.1, -0.05) is 12.1 Å². The van der Waals surface area contributed by atoms with Crippen molar-refractivity contribution < 1.29 is 12.8 Å². The van der Waals surface area contributed by atoms with Crippen molar-refractivity contribution in [2.24, 2.45) is 4.99 Å². The summed E-state index contributed by atoms with van der Waals surface area (Å²) in [5.74, 6) is 0.435. The Labute approximate surface area is 137 Å². The third-order valence-corrected chi connectivity index (χ3v) is 3.64. The molecule has 130 valence electrons. The Morgan fingerprint density at radius 2 is 2.04 bits per heavy atom. The van der Waals surface area contributed by atoms with Gasteiger partial charge in [-0.2, -0.15) is 0 Å². The molecule has 0 aromatic heterocycles. The summed E-state index contributed by atoms with van der Waals surface area (Å²) in [5.41, 5.74) is 0.922. The van der Waals surface area contributed by atoms with Crippen LogP contribution in [0.2, 0.25) is 0 Å². The summed E-state index contributed by atoms with van der Waals surface area (Å²) in [6, 6.07) is 6.51. The van der Waals surface area contributed by atoms with E-state index in [-0.39, 0.29) is 5.82 Å². The second kappa shape index (κ2) is 10.2. The summed E-state index contributed by atoms with van der Waals surface area (Å²) in [6.07, 6.45) is 2.44. The zero-order chi connectivity index (χ0) is 17.1. The summed E-state index contributed by atoms with van der Waals surface area (Å²) in [4.78, 5) is 4.37. The summed E-state index contributed by atoms with van der Waals surface area (Å²) in [5, 5.41) is 6.29. The van der Waals surface area contributed by atoms with Crippen LogP contribution in [0, 0.1) is 5.82 Å². The molecule has 0 aliphatic carbocycles. The van der Waals surface area contributed by atoms with Crippen molar-refractivity contribution in [3.8, 4) is 0 Å². The molecular weight excluding hydrogens is 319 g/mol. The van der Waals surface area contributed by atoms with Crippen LogP contribution in [0.25, 0.3) is 0 Å². The lowest BCUT2D eigenvalue weighted by atomic mass is 10.1. The second-order valence-corrected chi connectivity index (χ2v) is 6.92. The Morgan fingerprint density at radius 1 is 1.26 bits per heavy atom. The largest absolute Gasteiger partial charge is 0.357 e. The van der Waals surface area contributed by atoms with Crippen LogP contribution in [0.4, 0.5) is 4.39 Å². The number of rotatable bonds is 9. The fourth-order valence-electron chi connectivity index (χ4n) is 1.89. The zero-order valence-electron chi connectivity index (χ0n) is 13.6. The first-order chi connectivity index (χ1) is 10.9. The maximum Gasteiger partial charge on any atom is 0.208 e. The highest BCUT2D eigenvalue weighted by Gasteiger charge is 2.00. The Bertz CT molecular complexity index is 605. The molecule has 6 nitrogen and oxygen atoms in total. The number of aliphatic imine (C=N–C) groups is 1. The van der Waals surface area contributed by atoms with E-state index in [1.807, 2.05) is 13.0 Å². The maximum atomic E-state index is 13.1. The molecule has 0 aliphatic heterocycles. The van der Waals surface area contributed by atoms with Crippen LogP contribution in [0.5, 0.6) is 0 Å². The predicted molar refractivity (Wildman–Crippen MR) is 91.5 cm³/mol. The Morgan fingerprint density at radius 3 is 2.70 bits per heavy atom. The van der Waals surface area contributed by atoms with Crippen molar-refractivity contribution in [1.29, 1.82) is 0 Å². The monoisotopic (exact) mass is 344 g/mol. The fraction of sp³-hybridized carbons (Fsp3) is 0.533. The van der Waals surface area contributed by atoms with Gasteiger partial charge in [0.15, 0.2) is 5.96 Å². The number of sulfonamides is 1. The Kier molecular flexibility index (Phi) is 8.57. The predicted octanol–water partition coefficient (Wildman–Crippen LogP) is 0.863. The van der Waals surface area contributed by atoms with Crippen molar-refractivity contribution in [2.45, 2.75) is 19.8 Å². The Hall–Kier alpha value is -1.67. The average molecular weight is 344 g/mol. The molecule has 1 aromatic rings. The first-order valence-corrected chi connectivity index (χ1v) is 9.51. The molecular formula is C15H25FN4O2S. The van der Waals surface area contributed by atoms with Crippen molar-refractivity contribution in [1.82, 2.24) is 15.4 Å². The maximum absolute atomic E-state index is 13.1. The van der Waals surface area contributed by atoms with Gasteiger partial charge < -0.3 is 10.6 Å². The highest BCUT2D eigenvalue weighted by atomic mass is 32.2. The van der Waals surface area contributed by atoms with Gasteiger partial charge in [0.25, 0.3) is 0 Å². The number of nitrogens with one attached hydrogen (secondary N) is 3. The standard InChI is InChI=1S/C15H25FN4O2S/c1-3-17-15(18-9-5-10-20-23(2,21)22)19-11-8-13-6-4-7-14(16)12-13/h4,6-7,12,20H,3,5,8-11H2,1-2H3,(H2,17,18,19). The summed E-state index contributed by atoms with van der Waals surface area (Å²) in [6.45, 7) is 4.21. The normalized spacial score (nSPS) is 12.2. The van der Waals surface area contributed by atoms with Crippen LogP contribution in [-0.4, -0.2) is 46.8 Å². The molecule has 0 radical (unpaired) electrons. The minimum absolute atomic E-state index is 0.235. The topological polar surface area (TPSA) is 82.6 Å². The molecule has 3 N–H and O–H groups in total. The first kappa shape index (κ1) is 19.4. The van der Waals surface area contributed by atoms with Crippen molar-refractivity contribution in [3.05, 3.63) is 35.6 Å². The van der Waals surface area contributed by atoms with Gasteiger partial charge in [0.2, 0.25) is 10.0 Å². The van der Waals surface area contributed by atoms with Gasteiger partial charge in [-0.15, -0.1) is 0 Å². The highest BCUT2D eigenvalue weighted by Crippen LogP contribution is 2.03. The van der Waals surface area contributed by atoms with Crippen LogP contribution in [0.1, 0.15) is 18.9 Å². The van der Waals surface area contributed by atoms with E-state index in [0.717, 1.165) is 18.4 Å². The first-order valence-electron chi connectivity index (χ1n) is 7.62. The van der Waals surface area contributed by atoms with Gasteiger partial charge in [0, 0.05) is 26.2 Å². The van der Waals surface area contributed by atoms with E-state index in [1.54, 1.807) is 6.07 Å². The van der Waals surface area contributed by atoms with Gasteiger partial charge in [-0.05, 0) is 37.5 Å². The number of hydrogen-bond acceptors (Lipinski definition) is 3. The molecule has 23 heavy (non-hydrogen) atoms. The van der Waals surface area contributed by atoms with Gasteiger partial charge in [0.1, 0.15) is 5.82 Å². The number of benzene rings is 1. The lowest BCUT2D eigenvalue weighted by molar-refractivity contribution is 0.585. The zero-order valence-corrected chi connectivity index (χ0v) is 14.4. The van der Waals surface area contributed by atoms with Gasteiger partial charge >= 0.3 is 0 Å². The van der Waals surface area contributed by atoms with E-state index in [2.05, 4.69) is 20.3 Å². The Balaban J connectivity index is 2.34. The molecule has 0 saturated heterocycles. The molecule has 0 atom stereocenters.